The monoisotopic (exact) mass is 1040 g/mol. The number of aromatic hydroxyl groups is 1. The molecule has 5 amide bonds. The Morgan fingerprint density at radius 1 is 0.827 bits per heavy atom. The first-order chi connectivity index (χ1) is 36.4. The molecule has 4 aliphatic heterocycles. The van der Waals surface area contributed by atoms with Crippen molar-refractivity contribution >= 4 is 64.4 Å². The first-order valence-corrected chi connectivity index (χ1v) is 26.5. The van der Waals surface area contributed by atoms with Gasteiger partial charge in [0.1, 0.15) is 35.2 Å². The molecule has 3 aromatic carbocycles. The molecule has 5 atom stereocenters. The van der Waals surface area contributed by atoms with Crippen LogP contribution in [0.3, 0.4) is 0 Å². The van der Waals surface area contributed by atoms with E-state index in [1.54, 1.807) is 30.3 Å². The molecule has 2 unspecified atom stereocenters. The molecule has 5 aliphatic rings. The van der Waals surface area contributed by atoms with Gasteiger partial charge in [-0.3, -0.25) is 19.2 Å². The van der Waals surface area contributed by atoms with Crippen LogP contribution in [0.15, 0.2) is 84.7 Å². The third-order valence-electron chi connectivity index (χ3n) is 14.1. The number of aryl methyl sites for hydroxylation is 1. The summed E-state index contributed by atoms with van der Waals surface area (Å²) < 4.78 is 18.3. The molecule has 1 aliphatic carbocycles. The number of aromatic nitrogens is 4. The van der Waals surface area contributed by atoms with Crippen LogP contribution in [0.2, 0.25) is 0 Å². The fraction of sp³-hybridized carbons (Fsp3) is 0.389. The topological polar surface area (TPSA) is 291 Å². The van der Waals surface area contributed by atoms with Crippen LogP contribution in [0.4, 0.5) is 10.7 Å². The van der Waals surface area contributed by atoms with Gasteiger partial charge in [0, 0.05) is 73.2 Å². The number of ether oxygens (including phenoxy) is 3. The van der Waals surface area contributed by atoms with Gasteiger partial charge < -0.3 is 56.6 Å². The number of esters is 1. The summed E-state index contributed by atoms with van der Waals surface area (Å²) in [4.78, 5) is 91.8. The number of hydrogen-bond acceptors (Lipinski definition) is 15. The Bertz CT molecular complexity index is 3110. The molecule has 75 heavy (non-hydrogen) atoms. The molecule has 2 saturated heterocycles. The van der Waals surface area contributed by atoms with E-state index in [1.807, 2.05) is 36.0 Å². The number of carbonyl (C=O) groups excluding carboxylic acids is 6. The summed E-state index contributed by atoms with van der Waals surface area (Å²) in [5.74, 6) is 0.672. The average Bonchev–Trinajstić information content (AvgIpc) is 4.19. The van der Waals surface area contributed by atoms with Crippen molar-refractivity contribution in [1.82, 2.24) is 46.5 Å². The van der Waals surface area contributed by atoms with Gasteiger partial charge >= 0.3 is 12.0 Å². The van der Waals surface area contributed by atoms with Crippen LogP contribution in [0.25, 0.3) is 11.2 Å². The molecule has 10 rings (SSSR count). The molecule has 9 N–H and O–H groups in total. The van der Waals surface area contributed by atoms with Gasteiger partial charge in [0.05, 0.1) is 30.0 Å². The van der Waals surface area contributed by atoms with E-state index in [2.05, 4.69) is 46.5 Å². The largest absolute Gasteiger partial charge is 0.508 e. The minimum absolute atomic E-state index is 0.0149. The smallest absolute Gasteiger partial charge is 0.339 e. The van der Waals surface area contributed by atoms with Crippen LogP contribution in [0.5, 0.6) is 17.4 Å². The number of phenols is 1. The predicted octanol–water partition coefficient (Wildman–Crippen LogP) is 4.98. The number of thioether (sulfide) groups is 1. The molecule has 390 valence electrons. The van der Waals surface area contributed by atoms with Crippen LogP contribution in [0, 0.1) is 5.92 Å². The second-order valence-corrected chi connectivity index (χ2v) is 20.7. The first kappa shape index (κ1) is 50.6. The number of H-pyrrole nitrogens is 1. The molecule has 20 nitrogen and oxygen atoms in total. The zero-order valence-corrected chi connectivity index (χ0v) is 41.9. The summed E-state index contributed by atoms with van der Waals surface area (Å²) in [5.41, 5.74) is 9.25. The minimum atomic E-state index is -1.38. The van der Waals surface area contributed by atoms with E-state index >= 15 is 0 Å². The number of nitrogens with one attached hydrogen (secondary N) is 6. The van der Waals surface area contributed by atoms with Crippen molar-refractivity contribution in [2.75, 3.05) is 24.6 Å². The summed E-state index contributed by atoms with van der Waals surface area (Å²) in [6.45, 7) is 1.51. The van der Waals surface area contributed by atoms with E-state index in [4.69, 9.17) is 19.9 Å². The van der Waals surface area contributed by atoms with E-state index in [1.165, 1.54) is 24.3 Å². The van der Waals surface area contributed by atoms with Crippen LogP contribution in [-0.2, 0) is 55.5 Å². The SMILES string of the molecule is Nc1nc(OCc2ccc(CNC(=O)Cc3ccc4c(c3)C3(OC4=O)c4ccc(O)cc4OC4=CC(=O)C=CC43)cc2)c2[nH]c(CCCNC(=O)CCCCCNC(=O)CCCC[C@H]3SC[C@H]4NC(=O)N[C@H]43)nc2n1. The Kier molecular flexibility index (Phi) is 15.0. The van der Waals surface area contributed by atoms with Gasteiger partial charge in [-0.25, -0.2) is 14.6 Å². The van der Waals surface area contributed by atoms with Crippen molar-refractivity contribution in [2.45, 2.75) is 107 Å². The number of fused-ring (bicyclic) bond motifs is 8. The Balaban J connectivity index is 0.629. The van der Waals surface area contributed by atoms with E-state index in [0.717, 1.165) is 55.4 Å². The number of aromatic amines is 1. The first-order valence-electron chi connectivity index (χ1n) is 25.4. The Morgan fingerprint density at radius 3 is 2.43 bits per heavy atom. The van der Waals surface area contributed by atoms with Crippen molar-refractivity contribution in [2.24, 2.45) is 5.92 Å². The highest BCUT2D eigenvalue weighted by Gasteiger charge is 2.58. The van der Waals surface area contributed by atoms with Gasteiger partial charge in [-0.05, 0) is 73.1 Å². The number of nitrogens with two attached hydrogens (primary N) is 1. The third-order valence-corrected chi connectivity index (χ3v) is 15.6. The number of urea groups is 1. The molecule has 0 bridgehead atoms. The predicted molar refractivity (Wildman–Crippen MR) is 276 cm³/mol. The summed E-state index contributed by atoms with van der Waals surface area (Å²) in [6.07, 6.45) is 11.7. The number of benzene rings is 3. The zero-order valence-electron chi connectivity index (χ0n) is 41.1. The molecule has 2 fully saturated rings. The highest BCUT2D eigenvalue weighted by molar-refractivity contribution is 8.00. The number of imidazole rings is 1. The summed E-state index contributed by atoms with van der Waals surface area (Å²) in [7, 11) is 0. The maximum absolute atomic E-state index is 13.4. The Hall–Kier alpha value is -7.94. The van der Waals surface area contributed by atoms with Crippen LogP contribution >= 0.6 is 11.8 Å². The highest BCUT2D eigenvalue weighted by Crippen LogP contribution is 2.57. The van der Waals surface area contributed by atoms with E-state index < -0.39 is 17.5 Å². The molecular weight excluding hydrogens is 981 g/mol. The second-order valence-electron chi connectivity index (χ2n) is 19.4. The van der Waals surface area contributed by atoms with Crippen LogP contribution in [-0.4, -0.2) is 96.7 Å². The molecule has 0 radical (unpaired) electrons. The number of nitrogen functional groups attached to an aromatic ring is 1. The summed E-state index contributed by atoms with van der Waals surface area (Å²) in [5, 5.41) is 25.6. The highest BCUT2D eigenvalue weighted by atomic mass is 32.2. The maximum Gasteiger partial charge on any atom is 0.339 e. The molecule has 2 aromatic heterocycles. The lowest BCUT2D eigenvalue weighted by atomic mass is 9.71. The lowest BCUT2D eigenvalue weighted by Gasteiger charge is -2.42. The number of anilines is 1. The van der Waals surface area contributed by atoms with E-state index in [9.17, 15) is 33.9 Å². The van der Waals surface area contributed by atoms with E-state index in [0.29, 0.717) is 83.3 Å². The van der Waals surface area contributed by atoms with Crippen LogP contribution in [0.1, 0.15) is 102 Å². The quantitative estimate of drug-likeness (QED) is 0.0258. The number of nitrogens with zero attached hydrogens (tertiary/aromatic N) is 3. The van der Waals surface area contributed by atoms with Crippen LogP contribution < -0.4 is 41.8 Å². The number of hydrogen-bond donors (Lipinski definition) is 8. The van der Waals surface area contributed by atoms with Gasteiger partial charge in [0.2, 0.25) is 29.5 Å². The van der Waals surface area contributed by atoms with Gasteiger partial charge in [-0.2, -0.15) is 21.7 Å². The molecular formula is C54H58N10O10S. The summed E-state index contributed by atoms with van der Waals surface area (Å²) in [6, 6.07) is 17.6. The average molecular weight is 1040 g/mol. The van der Waals surface area contributed by atoms with Crippen molar-refractivity contribution in [3.05, 3.63) is 124 Å². The van der Waals surface area contributed by atoms with E-state index in [-0.39, 0.29) is 90.3 Å². The van der Waals surface area contributed by atoms with Crippen molar-refractivity contribution in [3.63, 3.8) is 0 Å². The van der Waals surface area contributed by atoms with Crippen molar-refractivity contribution < 1.29 is 48.1 Å². The fourth-order valence-electron chi connectivity index (χ4n) is 10.3. The number of unbranched alkanes of at least 4 members (excludes halogenated alkanes) is 3. The molecule has 21 heteroatoms. The lowest BCUT2D eigenvalue weighted by Crippen LogP contribution is -2.42. The Morgan fingerprint density at radius 2 is 1.60 bits per heavy atom. The van der Waals surface area contributed by atoms with Gasteiger partial charge in [0.25, 0.3) is 0 Å². The number of amides is 5. The summed E-state index contributed by atoms with van der Waals surface area (Å²) >= 11 is 1.89. The molecule has 5 aromatic rings. The van der Waals surface area contributed by atoms with Crippen molar-refractivity contribution in [3.8, 4) is 17.4 Å². The van der Waals surface area contributed by atoms with Crippen molar-refractivity contribution in [1.29, 1.82) is 0 Å². The lowest BCUT2D eigenvalue weighted by molar-refractivity contribution is -0.122. The number of phenolic OH excluding ortho intramolecular Hbond substituents is 1. The van der Waals surface area contributed by atoms with Gasteiger partial charge in [0.15, 0.2) is 17.0 Å². The molecule has 6 heterocycles. The zero-order chi connectivity index (χ0) is 52.1. The third kappa shape index (κ3) is 11.4. The number of allylic oxidation sites excluding steroid dienone is 2. The molecule has 1 spiro atoms. The second kappa shape index (κ2) is 22.3. The fourth-order valence-corrected chi connectivity index (χ4v) is 11.9. The number of ketones is 1. The van der Waals surface area contributed by atoms with Gasteiger partial charge in [-0.1, -0.05) is 55.3 Å². The standard InChI is InChI=1S/C54H58N10O10S/c55-52-63-49-48(60-43(61-49)8-6-22-57-44(67)9-2-1-5-21-56-45(68)10-4-3-7-42-47-39(29-75-42)59-53(71)62-47)50(64-52)72-28-31-13-11-30(12-14-31)27-58-46(69)24-32-15-18-35-38(23-32)54(74-51(35)70)36-19-16-33(65)25-40(36)73-41-26-34(66)17-20-37(41)54/h11-20,23,25-26,36,39,42,47,66H,1-10,21-22,24,27-29H2,(H,56,68)(H,57,67)(H,58,69)(H2,59,62,71)(H3,55,60,61,63,64)/t36?,39-,42-,47-,54?/m1/s1. The maximum atomic E-state index is 13.4. The molecule has 0 saturated carbocycles. The minimum Gasteiger partial charge on any atom is -0.508 e. The Labute approximate surface area is 435 Å². The number of rotatable bonds is 22. The number of carbonyl (C=O) groups is 6. The van der Waals surface area contributed by atoms with Gasteiger partial charge in [-0.15, -0.1) is 0 Å². The normalized spacial score (nSPS) is 20.7.